The smallest absolute Gasteiger partial charge is 0.160 e. The first-order valence-corrected chi connectivity index (χ1v) is 19.1. The van der Waals surface area contributed by atoms with E-state index in [1.54, 1.807) is 0 Å². The van der Waals surface area contributed by atoms with Gasteiger partial charge in [-0.25, -0.2) is 9.97 Å². The van der Waals surface area contributed by atoms with Gasteiger partial charge in [-0.2, -0.15) is 0 Å². The number of rotatable bonds is 4. The summed E-state index contributed by atoms with van der Waals surface area (Å²) in [6.45, 7) is 0. The molecule has 260 valence electrons. The van der Waals surface area contributed by atoms with Crippen molar-refractivity contribution in [1.82, 2.24) is 19.1 Å². The third-order valence-corrected chi connectivity index (χ3v) is 11.5. The maximum atomic E-state index is 5.16. The topological polar surface area (TPSA) is 35.6 Å². The summed E-state index contributed by atoms with van der Waals surface area (Å²) in [7, 11) is 0. The molecule has 0 amide bonds. The molecule has 9 aromatic carbocycles. The van der Waals surface area contributed by atoms with E-state index in [0.29, 0.717) is 0 Å². The highest BCUT2D eigenvalue weighted by Crippen LogP contribution is 2.42. The van der Waals surface area contributed by atoms with Crippen LogP contribution in [0.5, 0.6) is 0 Å². The van der Waals surface area contributed by atoms with Crippen molar-refractivity contribution < 1.29 is 0 Å². The van der Waals surface area contributed by atoms with E-state index < -0.39 is 0 Å². The first kappa shape index (κ1) is 30.9. The SMILES string of the molecule is c1ccc(-c2nc(-c3ccc(-n4c5cc6ccccc6cc5c5c(-n6c7ccccc7c7cc8ccccc8cc76)cccc54)cc3)c3ccccc3n2)cc1. The Morgan fingerprint density at radius 1 is 0.339 bits per heavy atom. The van der Waals surface area contributed by atoms with Gasteiger partial charge in [0, 0.05) is 43.7 Å². The van der Waals surface area contributed by atoms with E-state index in [0.717, 1.165) is 44.8 Å². The highest BCUT2D eigenvalue weighted by atomic mass is 15.0. The Labute approximate surface area is 322 Å². The number of fused-ring (bicyclic) bond motifs is 9. The zero-order valence-corrected chi connectivity index (χ0v) is 30.3. The van der Waals surface area contributed by atoms with Gasteiger partial charge in [0.05, 0.1) is 39.0 Å². The zero-order valence-electron chi connectivity index (χ0n) is 30.3. The van der Waals surface area contributed by atoms with Crippen LogP contribution in [0.4, 0.5) is 0 Å². The van der Waals surface area contributed by atoms with Crippen LogP contribution in [0, 0.1) is 0 Å². The maximum Gasteiger partial charge on any atom is 0.160 e. The number of para-hydroxylation sites is 2. The molecule has 0 radical (unpaired) electrons. The van der Waals surface area contributed by atoms with Gasteiger partial charge in [0.2, 0.25) is 0 Å². The summed E-state index contributed by atoms with van der Waals surface area (Å²) in [6, 6.07) is 69.8. The van der Waals surface area contributed by atoms with Crippen LogP contribution < -0.4 is 0 Å². The van der Waals surface area contributed by atoms with E-state index in [1.807, 2.05) is 24.3 Å². The minimum absolute atomic E-state index is 0.725. The molecule has 3 heterocycles. The van der Waals surface area contributed by atoms with Gasteiger partial charge >= 0.3 is 0 Å². The van der Waals surface area contributed by atoms with Crippen LogP contribution in [-0.2, 0) is 0 Å². The minimum Gasteiger partial charge on any atom is -0.309 e. The Balaban J connectivity index is 1.12. The van der Waals surface area contributed by atoms with E-state index in [1.165, 1.54) is 65.3 Å². The monoisotopic (exact) mass is 712 g/mol. The minimum atomic E-state index is 0.725. The lowest BCUT2D eigenvalue weighted by Gasteiger charge is -2.13. The van der Waals surface area contributed by atoms with E-state index in [-0.39, 0.29) is 0 Å². The quantitative estimate of drug-likeness (QED) is 0.182. The van der Waals surface area contributed by atoms with Gasteiger partial charge in [-0.05, 0) is 82.2 Å². The molecule has 0 fully saturated rings. The fraction of sp³-hybridized carbons (Fsp3) is 0. The van der Waals surface area contributed by atoms with Crippen LogP contribution in [0.2, 0.25) is 0 Å². The molecule has 0 spiro atoms. The first-order valence-electron chi connectivity index (χ1n) is 19.1. The van der Waals surface area contributed by atoms with Crippen molar-refractivity contribution >= 4 is 76.1 Å². The van der Waals surface area contributed by atoms with Crippen LogP contribution in [-0.4, -0.2) is 19.1 Å². The lowest BCUT2D eigenvalue weighted by atomic mass is 10.0. The molecule has 0 atom stereocenters. The Kier molecular flexibility index (Phi) is 6.60. The average molecular weight is 713 g/mol. The van der Waals surface area contributed by atoms with Gasteiger partial charge in [0.25, 0.3) is 0 Å². The van der Waals surface area contributed by atoms with Crippen molar-refractivity contribution in [3.63, 3.8) is 0 Å². The van der Waals surface area contributed by atoms with Gasteiger partial charge in [0.1, 0.15) is 0 Å². The molecule has 0 saturated heterocycles. The van der Waals surface area contributed by atoms with E-state index in [4.69, 9.17) is 9.97 Å². The third kappa shape index (κ3) is 4.60. The molecule has 12 rings (SSSR count). The van der Waals surface area contributed by atoms with Crippen LogP contribution >= 0.6 is 0 Å². The second-order valence-corrected chi connectivity index (χ2v) is 14.6. The molecule has 3 aromatic heterocycles. The Bertz CT molecular complexity index is 3520. The lowest BCUT2D eigenvalue weighted by molar-refractivity contribution is 1.17. The van der Waals surface area contributed by atoms with Gasteiger partial charge < -0.3 is 9.13 Å². The predicted octanol–water partition coefficient (Wildman–Crippen LogP) is 13.5. The Morgan fingerprint density at radius 2 is 0.929 bits per heavy atom. The predicted molar refractivity (Wildman–Crippen MR) is 234 cm³/mol. The first-order chi connectivity index (χ1) is 27.8. The number of aromatic nitrogens is 4. The van der Waals surface area contributed by atoms with E-state index >= 15 is 0 Å². The van der Waals surface area contributed by atoms with Crippen molar-refractivity contribution in [1.29, 1.82) is 0 Å². The molecule has 0 N–H and O–H groups in total. The zero-order chi connectivity index (χ0) is 36.7. The Hall–Kier alpha value is -7.56. The summed E-state index contributed by atoms with van der Waals surface area (Å²) < 4.78 is 4.91. The summed E-state index contributed by atoms with van der Waals surface area (Å²) >= 11 is 0. The third-order valence-electron chi connectivity index (χ3n) is 11.5. The second-order valence-electron chi connectivity index (χ2n) is 14.6. The molecule has 0 unspecified atom stereocenters. The number of benzene rings is 9. The summed E-state index contributed by atoms with van der Waals surface area (Å²) in [5, 5.41) is 10.9. The molecule has 4 nitrogen and oxygen atoms in total. The van der Waals surface area contributed by atoms with Crippen molar-refractivity contribution in [2.75, 3.05) is 0 Å². The molecule has 0 bridgehead atoms. The highest BCUT2D eigenvalue weighted by molar-refractivity contribution is 6.19. The van der Waals surface area contributed by atoms with Crippen LogP contribution in [0.1, 0.15) is 0 Å². The van der Waals surface area contributed by atoms with Crippen molar-refractivity contribution in [3.8, 4) is 34.0 Å². The number of hydrogen-bond donors (Lipinski definition) is 0. The van der Waals surface area contributed by atoms with Crippen LogP contribution in [0.15, 0.2) is 194 Å². The largest absolute Gasteiger partial charge is 0.309 e. The standard InChI is InChI=1S/C52H32N4/c1-2-13-34(14-3-1)52-53-44-21-10-8-20-41(44)51(54-52)33-25-27-39(28-26-33)55-46-23-12-24-47(50(46)43-30-36-16-5-7-18-38(36)32-49(43)55)56-45-22-11-9-19-40(45)42-29-35-15-4-6-17-37(35)31-48(42)56/h1-32H. The summed E-state index contributed by atoms with van der Waals surface area (Å²) in [4.78, 5) is 10.1. The van der Waals surface area contributed by atoms with Gasteiger partial charge in [0.15, 0.2) is 5.82 Å². The van der Waals surface area contributed by atoms with Crippen LogP contribution in [0.25, 0.3) is 110 Å². The molecule has 0 aliphatic heterocycles. The maximum absolute atomic E-state index is 5.16. The van der Waals surface area contributed by atoms with Crippen LogP contribution in [0.3, 0.4) is 0 Å². The van der Waals surface area contributed by atoms with Gasteiger partial charge in [-0.3, -0.25) is 0 Å². The molecule has 4 heteroatoms. The second kappa shape index (κ2) is 12.0. The normalized spacial score (nSPS) is 11.9. The molecule has 12 aromatic rings. The summed E-state index contributed by atoms with van der Waals surface area (Å²) in [5.41, 5.74) is 10.9. The molecular formula is C52H32N4. The van der Waals surface area contributed by atoms with E-state index in [2.05, 4.69) is 179 Å². The number of nitrogens with zero attached hydrogens (tertiary/aromatic N) is 4. The summed E-state index contributed by atoms with van der Waals surface area (Å²) in [6.07, 6.45) is 0. The summed E-state index contributed by atoms with van der Waals surface area (Å²) in [5.74, 6) is 0.725. The fourth-order valence-corrected chi connectivity index (χ4v) is 8.89. The van der Waals surface area contributed by atoms with Gasteiger partial charge in [-0.15, -0.1) is 0 Å². The molecular weight excluding hydrogens is 681 g/mol. The molecule has 0 aliphatic rings. The number of hydrogen-bond acceptors (Lipinski definition) is 2. The van der Waals surface area contributed by atoms with Gasteiger partial charge in [-0.1, -0.05) is 133 Å². The van der Waals surface area contributed by atoms with Crippen molar-refractivity contribution in [3.05, 3.63) is 194 Å². The average Bonchev–Trinajstić information content (AvgIpc) is 3.76. The molecule has 56 heavy (non-hydrogen) atoms. The van der Waals surface area contributed by atoms with Crippen molar-refractivity contribution in [2.24, 2.45) is 0 Å². The molecule has 0 saturated carbocycles. The highest BCUT2D eigenvalue weighted by Gasteiger charge is 2.21. The lowest BCUT2D eigenvalue weighted by Crippen LogP contribution is -1.97. The fourth-order valence-electron chi connectivity index (χ4n) is 8.89. The Morgan fingerprint density at radius 3 is 1.68 bits per heavy atom. The van der Waals surface area contributed by atoms with Crippen molar-refractivity contribution in [2.45, 2.75) is 0 Å². The molecule has 0 aliphatic carbocycles. The van der Waals surface area contributed by atoms with E-state index in [9.17, 15) is 0 Å².